The molecule has 4 aliphatic rings. The van der Waals surface area contributed by atoms with Crippen LogP contribution >= 0.6 is 12.4 Å². The van der Waals surface area contributed by atoms with Crippen molar-refractivity contribution in [1.29, 1.82) is 0 Å². The zero-order valence-corrected chi connectivity index (χ0v) is 21.7. The Morgan fingerprint density at radius 2 is 1.51 bits per heavy atom. The molecule has 1 N–H and O–H groups in total. The third-order valence-corrected chi connectivity index (χ3v) is 8.66. The maximum absolute atomic E-state index is 12.2. The number of aryl methyl sites for hydroxylation is 2. The minimum Gasteiger partial charge on any atom is -0.493 e. The van der Waals surface area contributed by atoms with Crippen LogP contribution in [-0.4, -0.2) is 21.8 Å². The van der Waals surface area contributed by atoms with E-state index in [1.165, 1.54) is 44.1 Å². The van der Waals surface area contributed by atoms with Crippen LogP contribution in [0.4, 0.5) is 0 Å². The average Bonchev–Trinajstić information content (AvgIpc) is 3.04. The zero-order valence-electron chi connectivity index (χ0n) is 20.9. The molecule has 7 heteroatoms. The number of rotatable bonds is 7. The highest BCUT2D eigenvalue weighted by Crippen LogP contribution is 2.55. The number of hydrogen-bond acceptors (Lipinski definition) is 4. The summed E-state index contributed by atoms with van der Waals surface area (Å²) >= 11 is 0. The van der Waals surface area contributed by atoms with E-state index in [2.05, 4.69) is 17.4 Å². The van der Waals surface area contributed by atoms with Gasteiger partial charge in [0.2, 0.25) is 0 Å². The third-order valence-electron chi connectivity index (χ3n) is 8.66. The molecule has 4 saturated carbocycles. The first-order valence-corrected chi connectivity index (χ1v) is 12.6. The van der Waals surface area contributed by atoms with Crippen LogP contribution in [0.5, 0.6) is 11.5 Å². The number of nitrogens with zero attached hydrogens (tertiary/aromatic N) is 2. The van der Waals surface area contributed by atoms with Gasteiger partial charge >= 0.3 is 5.69 Å². The summed E-state index contributed by atoms with van der Waals surface area (Å²) in [7, 11) is 5.30. The molecular weight excluding hydrogens is 462 g/mol. The molecule has 35 heavy (non-hydrogen) atoms. The number of nitrogens with one attached hydrogen (secondary N) is 1. The van der Waals surface area contributed by atoms with Gasteiger partial charge in [-0.1, -0.05) is 12.1 Å². The Kier molecular flexibility index (Phi) is 6.39. The van der Waals surface area contributed by atoms with Crippen molar-refractivity contribution in [3.63, 3.8) is 0 Å². The molecule has 188 valence electrons. The number of ether oxygens (including phenoxy) is 2. The Hall–Kier alpha value is -2.44. The fraction of sp³-hybridized carbons (Fsp3) is 0.536. The van der Waals surface area contributed by atoms with Crippen molar-refractivity contribution < 1.29 is 9.47 Å². The van der Waals surface area contributed by atoms with Crippen molar-refractivity contribution in [1.82, 2.24) is 14.5 Å². The van der Waals surface area contributed by atoms with Crippen molar-refractivity contribution >= 4 is 23.4 Å². The van der Waals surface area contributed by atoms with E-state index in [9.17, 15) is 4.79 Å². The normalized spacial score (nSPS) is 26.7. The summed E-state index contributed by atoms with van der Waals surface area (Å²) in [5, 5.41) is 3.97. The summed E-state index contributed by atoms with van der Waals surface area (Å²) in [6, 6.07) is 12.3. The Labute approximate surface area is 213 Å². The SMILES string of the molecule is COc1cc(CNC23CC4CC(CC(C4)C2)C3)ccc1OCc1ccc2c(c1)n(C)c(=O)n2C.Cl. The first-order chi connectivity index (χ1) is 16.4. The van der Waals surface area contributed by atoms with Gasteiger partial charge in [0.05, 0.1) is 18.1 Å². The molecule has 0 spiro atoms. The lowest BCUT2D eigenvalue weighted by Gasteiger charge is -2.57. The Morgan fingerprint density at radius 1 is 0.886 bits per heavy atom. The molecule has 2 aromatic carbocycles. The smallest absolute Gasteiger partial charge is 0.328 e. The highest BCUT2D eigenvalue weighted by atomic mass is 35.5. The largest absolute Gasteiger partial charge is 0.493 e. The second kappa shape index (κ2) is 9.21. The Bertz CT molecular complexity index is 1260. The summed E-state index contributed by atoms with van der Waals surface area (Å²) in [5.41, 5.74) is 4.42. The van der Waals surface area contributed by atoms with Crippen LogP contribution in [0.25, 0.3) is 11.0 Å². The number of fused-ring (bicyclic) bond motifs is 1. The monoisotopic (exact) mass is 497 g/mol. The van der Waals surface area contributed by atoms with E-state index in [-0.39, 0.29) is 18.1 Å². The van der Waals surface area contributed by atoms with Crippen molar-refractivity contribution in [2.45, 2.75) is 57.2 Å². The van der Waals surface area contributed by atoms with Gasteiger partial charge in [-0.3, -0.25) is 9.13 Å². The van der Waals surface area contributed by atoms with Crippen molar-refractivity contribution in [2.24, 2.45) is 31.8 Å². The fourth-order valence-corrected chi connectivity index (χ4v) is 7.36. The number of halogens is 1. The molecule has 0 radical (unpaired) electrons. The van der Waals surface area contributed by atoms with Gasteiger partial charge in [-0.15, -0.1) is 12.4 Å². The maximum Gasteiger partial charge on any atom is 0.328 e. The van der Waals surface area contributed by atoms with Gasteiger partial charge in [0.25, 0.3) is 0 Å². The van der Waals surface area contributed by atoms with E-state index in [0.29, 0.717) is 12.1 Å². The van der Waals surface area contributed by atoms with E-state index >= 15 is 0 Å². The maximum atomic E-state index is 12.2. The molecular formula is C28H36ClN3O3. The van der Waals surface area contributed by atoms with Crippen molar-refractivity contribution in [3.8, 4) is 11.5 Å². The Balaban J connectivity index is 0.00000253. The zero-order chi connectivity index (χ0) is 23.4. The van der Waals surface area contributed by atoms with Crippen molar-refractivity contribution in [3.05, 3.63) is 58.0 Å². The molecule has 0 atom stereocenters. The highest BCUT2D eigenvalue weighted by molar-refractivity contribution is 5.85. The summed E-state index contributed by atoms with van der Waals surface area (Å²) in [6.07, 6.45) is 8.47. The number of methoxy groups -OCH3 is 1. The predicted octanol–water partition coefficient (Wildman–Crippen LogP) is 4.94. The third kappa shape index (κ3) is 4.36. The van der Waals surface area contributed by atoms with Gasteiger partial charge in [0, 0.05) is 26.2 Å². The molecule has 0 amide bonds. The van der Waals surface area contributed by atoms with Crippen LogP contribution in [0.2, 0.25) is 0 Å². The molecule has 0 saturated heterocycles. The molecule has 1 heterocycles. The lowest BCUT2D eigenvalue weighted by atomic mass is 9.53. The molecule has 1 aromatic heterocycles. The molecule has 3 aromatic rings. The average molecular weight is 498 g/mol. The van der Waals surface area contributed by atoms with Gasteiger partial charge in [-0.05, 0) is 91.7 Å². The standard InChI is InChI=1S/C28H35N3O3.ClH/c1-30-23-6-4-19(11-24(23)31(2)27(30)32)17-34-25-7-5-18(12-26(25)33-3)16-29-28-13-20-8-21(14-28)10-22(9-20)15-28;/h4-7,11-12,20-22,29H,8-10,13-17H2,1-3H3;1H. The number of aromatic nitrogens is 2. The second-order valence-electron chi connectivity index (χ2n) is 11.0. The van der Waals surface area contributed by atoms with Gasteiger partial charge in [0.1, 0.15) is 6.61 Å². The molecule has 7 rings (SSSR count). The first kappa shape index (κ1) is 24.3. The quantitative estimate of drug-likeness (QED) is 0.502. The topological polar surface area (TPSA) is 57.4 Å². The second-order valence-corrected chi connectivity index (χ2v) is 11.0. The van der Waals surface area contributed by atoms with E-state index < -0.39 is 0 Å². The van der Waals surface area contributed by atoms with Crippen LogP contribution in [0.1, 0.15) is 49.7 Å². The first-order valence-electron chi connectivity index (χ1n) is 12.6. The van der Waals surface area contributed by atoms with Gasteiger partial charge in [-0.2, -0.15) is 0 Å². The predicted molar refractivity (Wildman–Crippen MR) is 140 cm³/mol. The summed E-state index contributed by atoms with van der Waals surface area (Å²) in [4.78, 5) is 12.2. The van der Waals surface area contributed by atoms with Crippen molar-refractivity contribution in [2.75, 3.05) is 7.11 Å². The molecule has 6 nitrogen and oxygen atoms in total. The van der Waals surface area contributed by atoms with Gasteiger partial charge in [-0.25, -0.2) is 4.79 Å². The van der Waals surface area contributed by atoms with Crippen LogP contribution in [-0.2, 0) is 27.2 Å². The number of hydrogen-bond donors (Lipinski definition) is 1. The number of benzene rings is 2. The minimum absolute atomic E-state index is 0. The van der Waals surface area contributed by atoms with E-state index in [0.717, 1.165) is 52.4 Å². The molecule has 0 aliphatic heterocycles. The van der Waals surface area contributed by atoms with Crippen LogP contribution in [0.15, 0.2) is 41.2 Å². The summed E-state index contributed by atoms with van der Waals surface area (Å²) < 4.78 is 15.1. The molecule has 4 fully saturated rings. The van der Waals surface area contributed by atoms with Gasteiger partial charge in [0.15, 0.2) is 11.5 Å². The van der Waals surface area contributed by atoms with Gasteiger partial charge < -0.3 is 14.8 Å². The Morgan fingerprint density at radius 3 is 2.17 bits per heavy atom. The molecule has 0 unspecified atom stereocenters. The van der Waals surface area contributed by atoms with E-state index in [1.54, 1.807) is 30.3 Å². The molecule has 4 bridgehead atoms. The van der Waals surface area contributed by atoms with Crippen LogP contribution in [0.3, 0.4) is 0 Å². The lowest BCUT2D eigenvalue weighted by molar-refractivity contribution is -0.0206. The van der Waals surface area contributed by atoms with E-state index in [1.807, 2.05) is 24.3 Å². The number of imidazole rings is 1. The highest BCUT2D eigenvalue weighted by Gasteiger charge is 2.50. The molecule has 4 aliphatic carbocycles. The van der Waals surface area contributed by atoms with Crippen LogP contribution < -0.4 is 20.5 Å². The van der Waals surface area contributed by atoms with E-state index in [4.69, 9.17) is 9.47 Å². The summed E-state index contributed by atoms with van der Waals surface area (Å²) in [5.74, 6) is 4.34. The summed E-state index contributed by atoms with van der Waals surface area (Å²) in [6.45, 7) is 1.29. The van der Waals surface area contributed by atoms with Crippen LogP contribution in [0, 0.1) is 17.8 Å². The lowest BCUT2D eigenvalue weighted by Crippen LogP contribution is -2.58. The minimum atomic E-state index is -0.0209. The fourth-order valence-electron chi connectivity index (χ4n) is 7.36.